The average Bonchev–Trinajstić information content (AvgIpc) is 1.99. The zero-order valence-electron chi connectivity index (χ0n) is 10.1. The second-order valence-electron chi connectivity index (χ2n) is 5.34. The van der Waals surface area contributed by atoms with E-state index in [2.05, 4.69) is 44.6 Å². The molecule has 15 heavy (non-hydrogen) atoms. The molecule has 1 aromatic rings. The lowest BCUT2D eigenvalue weighted by atomic mass is 9.92. The van der Waals surface area contributed by atoms with Crippen LogP contribution in [0, 0.1) is 5.92 Å². The molecule has 0 unspecified atom stereocenters. The summed E-state index contributed by atoms with van der Waals surface area (Å²) in [6.45, 7) is 10.7. The summed E-state index contributed by atoms with van der Waals surface area (Å²) in [5.41, 5.74) is 1.04. The molecule has 0 saturated carbocycles. The molecular weight excluding hydrogens is 208 g/mol. The molecule has 0 bridgehead atoms. The van der Waals surface area contributed by atoms with Gasteiger partial charge in [-0.25, -0.2) is 9.97 Å². The highest BCUT2D eigenvalue weighted by Gasteiger charge is 2.17. The SMILES string of the molecule is CC(C)Cc1nc(Cl)cc(C(C)(C)C)n1. The van der Waals surface area contributed by atoms with Crippen LogP contribution in [0.4, 0.5) is 0 Å². The quantitative estimate of drug-likeness (QED) is 0.720. The maximum atomic E-state index is 5.99. The van der Waals surface area contributed by atoms with Gasteiger partial charge in [0.15, 0.2) is 0 Å². The normalized spacial score (nSPS) is 12.2. The van der Waals surface area contributed by atoms with Crippen molar-refractivity contribution in [1.82, 2.24) is 9.97 Å². The molecule has 0 amide bonds. The van der Waals surface area contributed by atoms with Crippen molar-refractivity contribution in [3.8, 4) is 0 Å². The van der Waals surface area contributed by atoms with E-state index >= 15 is 0 Å². The molecule has 1 aromatic heterocycles. The highest BCUT2D eigenvalue weighted by Crippen LogP contribution is 2.22. The molecule has 1 rings (SSSR count). The summed E-state index contributed by atoms with van der Waals surface area (Å²) in [6, 6.07) is 1.85. The molecule has 2 nitrogen and oxygen atoms in total. The number of nitrogens with zero attached hydrogens (tertiary/aromatic N) is 2. The Balaban J connectivity index is 3.06. The first-order valence-electron chi connectivity index (χ1n) is 5.33. The fourth-order valence-electron chi connectivity index (χ4n) is 1.31. The molecule has 0 aliphatic heterocycles. The highest BCUT2D eigenvalue weighted by atomic mass is 35.5. The van der Waals surface area contributed by atoms with Gasteiger partial charge in [-0.3, -0.25) is 0 Å². The van der Waals surface area contributed by atoms with Gasteiger partial charge < -0.3 is 0 Å². The lowest BCUT2D eigenvalue weighted by Gasteiger charge is -2.18. The van der Waals surface area contributed by atoms with Crippen molar-refractivity contribution in [2.75, 3.05) is 0 Å². The number of aromatic nitrogens is 2. The van der Waals surface area contributed by atoms with E-state index < -0.39 is 0 Å². The first-order valence-corrected chi connectivity index (χ1v) is 5.71. The minimum Gasteiger partial charge on any atom is -0.237 e. The molecule has 84 valence electrons. The lowest BCUT2D eigenvalue weighted by molar-refractivity contribution is 0.551. The van der Waals surface area contributed by atoms with Crippen LogP contribution >= 0.6 is 11.6 Å². The Morgan fingerprint density at radius 3 is 2.33 bits per heavy atom. The van der Waals surface area contributed by atoms with Crippen LogP contribution in [-0.2, 0) is 11.8 Å². The topological polar surface area (TPSA) is 25.8 Å². The first-order chi connectivity index (χ1) is 6.79. The minimum atomic E-state index is 0.0261. The molecule has 0 aliphatic carbocycles. The molecule has 0 saturated heterocycles. The van der Waals surface area contributed by atoms with E-state index in [1.165, 1.54) is 0 Å². The molecule has 0 aromatic carbocycles. The van der Waals surface area contributed by atoms with Gasteiger partial charge in [0.05, 0.1) is 5.69 Å². The van der Waals surface area contributed by atoms with Gasteiger partial charge in [-0.1, -0.05) is 46.2 Å². The van der Waals surface area contributed by atoms with Crippen molar-refractivity contribution in [2.24, 2.45) is 5.92 Å². The zero-order valence-corrected chi connectivity index (χ0v) is 10.9. The third-order valence-electron chi connectivity index (χ3n) is 2.10. The van der Waals surface area contributed by atoms with Gasteiger partial charge in [0.1, 0.15) is 11.0 Å². The van der Waals surface area contributed by atoms with Crippen LogP contribution in [0.15, 0.2) is 6.07 Å². The molecule has 0 spiro atoms. The van der Waals surface area contributed by atoms with Gasteiger partial charge >= 0.3 is 0 Å². The fraction of sp³-hybridized carbons (Fsp3) is 0.667. The summed E-state index contributed by atoms with van der Waals surface area (Å²) in [5.74, 6) is 1.40. The van der Waals surface area contributed by atoms with Crippen molar-refractivity contribution >= 4 is 11.6 Å². The summed E-state index contributed by atoms with van der Waals surface area (Å²) in [4.78, 5) is 8.79. The van der Waals surface area contributed by atoms with Crippen molar-refractivity contribution in [1.29, 1.82) is 0 Å². The van der Waals surface area contributed by atoms with Crippen LogP contribution in [0.5, 0.6) is 0 Å². The average molecular weight is 227 g/mol. The van der Waals surface area contributed by atoms with Crippen LogP contribution in [0.3, 0.4) is 0 Å². The minimum absolute atomic E-state index is 0.0261. The second-order valence-corrected chi connectivity index (χ2v) is 5.73. The van der Waals surface area contributed by atoms with Gasteiger partial charge in [-0.05, 0) is 12.0 Å². The number of rotatable bonds is 2. The van der Waals surface area contributed by atoms with Crippen molar-refractivity contribution in [2.45, 2.75) is 46.5 Å². The Hall–Kier alpha value is -0.630. The first kappa shape index (κ1) is 12.4. The molecule has 3 heteroatoms. The molecule has 0 radical (unpaired) electrons. The summed E-state index contributed by atoms with van der Waals surface area (Å²) in [6.07, 6.45) is 0.879. The zero-order chi connectivity index (χ0) is 11.6. The third kappa shape index (κ3) is 3.78. The molecule has 0 N–H and O–H groups in total. The number of hydrogen-bond acceptors (Lipinski definition) is 2. The van der Waals surface area contributed by atoms with Gasteiger partial charge in [-0.15, -0.1) is 0 Å². The summed E-state index contributed by atoms with van der Waals surface area (Å²) >= 11 is 5.99. The molecule has 0 aliphatic rings. The van der Waals surface area contributed by atoms with Crippen LogP contribution in [-0.4, -0.2) is 9.97 Å². The van der Waals surface area contributed by atoms with E-state index in [1.54, 1.807) is 0 Å². The maximum Gasteiger partial charge on any atom is 0.133 e. The van der Waals surface area contributed by atoms with Crippen LogP contribution in [0.1, 0.15) is 46.1 Å². The number of hydrogen-bond donors (Lipinski definition) is 0. The third-order valence-corrected chi connectivity index (χ3v) is 2.29. The van der Waals surface area contributed by atoms with Gasteiger partial charge in [0, 0.05) is 11.8 Å². The van der Waals surface area contributed by atoms with Crippen molar-refractivity contribution < 1.29 is 0 Å². The Bertz CT molecular complexity index is 340. The summed E-state index contributed by atoms with van der Waals surface area (Å²) < 4.78 is 0. The predicted molar refractivity (Wildman–Crippen MR) is 64.3 cm³/mol. The molecule has 0 fully saturated rings. The van der Waals surface area contributed by atoms with Crippen molar-refractivity contribution in [3.05, 3.63) is 22.7 Å². The smallest absolute Gasteiger partial charge is 0.133 e. The second kappa shape index (κ2) is 4.48. The lowest BCUT2D eigenvalue weighted by Crippen LogP contribution is -2.16. The van der Waals surface area contributed by atoms with E-state index in [1.807, 2.05) is 6.07 Å². The predicted octanol–water partition coefficient (Wildman–Crippen LogP) is 3.63. The molecular formula is C12H19ClN2. The number of halogens is 1. The largest absolute Gasteiger partial charge is 0.237 e. The Morgan fingerprint density at radius 2 is 1.87 bits per heavy atom. The Labute approximate surface area is 97.1 Å². The van der Waals surface area contributed by atoms with E-state index in [0.29, 0.717) is 11.1 Å². The monoisotopic (exact) mass is 226 g/mol. The van der Waals surface area contributed by atoms with Crippen LogP contribution in [0.25, 0.3) is 0 Å². The van der Waals surface area contributed by atoms with E-state index in [9.17, 15) is 0 Å². The maximum absolute atomic E-state index is 5.99. The fourth-order valence-corrected chi connectivity index (χ4v) is 1.51. The van der Waals surface area contributed by atoms with Gasteiger partial charge in [-0.2, -0.15) is 0 Å². The Kier molecular flexibility index (Phi) is 3.72. The van der Waals surface area contributed by atoms with Crippen LogP contribution < -0.4 is 0 Å². The van der Waals surface area contributed by atoms with Crippen LogP contribution in [0.2, 0.25) is 5.15 Å². The van der Waals surface area contributed by atoms with E-state index in [-0.39, 0.29) is 5.41 Å². The van der Waals surface area contributed by atoms with Gasteiger partial charge in [0.25, 0.3) is 0 Å². The molecule has 0 atom stereocenters. The summed E-state index contributed by atoms with van der Waals surface area (Å²) in [7, 11) is 0. The Morgan fingerprint density at radius 1 is 1.27 bits per heavy atom. The van der Waals surface area contributed by atoms with Crippen molar-refractivity contribution in [3.63, 3.8) is 0 Å². The standard InChI is InChI=1S/C12H19ClN2/c1-8(2)6-11-14-9(12(3,4)5)7-10(13)15-11/h7-8H,6H2,1-5H3. The highest BCUT2D eigenvalue weighted by molar-refractivity contribution is 6.29. The van der Waals surface area contributed by atoms with E-state index in [0.717, 1.165) is 17.9 Å². The van der Waals surface area contributed by atoms with Gasteiger partial charge in [0.2, 0.25) is 0 Å². The van der Waals surface area contributed by atoms with E-state index in [4.69, 9.17) is 11.6 Å². The molecule has 1 heterocycles. The summed E-state index contributed by atoms with van der Waals surface area (Å²) in [5, 5.41) is 0.547.